The number of nitrogens with zero attached hydrogens (tertiary/aromatic N) is 3. The Morgan fingerprint density at radius 2 is 1.13 bits per heavy atom. The first-order valence-corrected chi connectivity index (χ1v) is 13.0. The minimum absolute atomic E-state index is 0.918. The van der Waals surface area contributed by atoms with Crippen LogP contribution < -0.4 is 0 Å². The predicted octanol–water partition coefficient (Wildman–Crippen LogP) is 6.96. The van der Waals surface area contributed by atoms with Crippen LogP contribution in [0, 0.1) is 10.7 Å². The summed E-state index contributed by atoms with van der Waals surface area (Å²) in [6.45, 7) is 4.94. The summed E-state index contributed by atoms with van der Waals surface area (Å²) in [5.74, 6) is 0. The molecule has 1 heterocycles. The van der Waals surface area contributed by atoms with E-state index in [1.54, 1.807) is 0 Å². The van der Waals surface area contributed by atoms with Gasteiger partial charge in [0.2, 0.25) is 0 Å². The van der Waals surface area contributed by atoms with Gasteiger partial charge < -0.3 is 0 Å². The second-order valence-corrected chi connectivity index (χ2v) is 12.4. The minimum atomic E-state index is 0.918. The zero-order valence-corrected chi connectivity index (χ0v) is 23.9. The van der Waals surface area contributed by atoms with Crippen molar-refractivity contribution >= 4 is 45.7 Å². The third-order valence-corrected chi connectivity index (χ3v) is 6.67. The molecule has 4 aromatic rings. The fourth-order valence-electron chi connectivity index (χ4n) is 3.06. The Bertz CT molecular complexity index is 1040. The van der Waals surface area contributed by atoms with Gasteiger partial charge in [-0.1, -0.05) is 29.8 Å². The van der Waals surface area contributed by atoms with E-state index in [1.165, 1.54) is 26.1 Å². The predicted molar refractivity (Wildman–Crippen MR) is 142 cm³/mol. The van der Waals surface area contributed by atoms with E-state index in [0.29, 0.717) is 0 Å². The van der Waals surface area contributed by atoms with Crippen LogP contribution in [0.25, 0.3) is 0 Å². The Balaban J connectivity index is 0.000000210. The maximum atomic E-state index is 2.40. The first kappa shape index (κ1) is 24.6. The number of aryl methyl sites for hydroxylation is 1. The van der Waals surface area contributed by atoms with E-state index in [0.717, 1.165) is 19.6 Å². The maximum absolute atomic E-state index is 2.40. The molecule has 0 radical (unpaired) electrons. The Kier molecular flexibility index (Phi) is 10.2. The van der Waals surface area contributed by atoms with Gasteiger partial charge in [0.1, 0.15) is 0 Å². The topological polar surface area (TPSA) is 13.1 Å². The molecule has 3 aromatic carbocycles. The second-order valence-electron chi connectivity index (χ2n) is 7.21. The fraction of sp³-hybridized carbons (Fsp3) is 0.160. The van der Waals surface area contributed by atoms with E-state index in [4.69, 9.17) is 0 Å². The molecule has 0 unspecified atom stereocenters. The number of rotatable bonds is 6. The van der Waals surface area contributed by atoms with E-state index in [9.17, 15) is 0 Å². The molecule has 0 aliphatic carbocycles. The van der Waals surface area contributed by atoms with Crippen molar-refractivity contribution in [3.8, 4) is 0 Å². The van der Waals surface area contributed by atoms with Gasteiger partial charge in [-0.05, 0) is 12.5 Å². The van der Waals surface area contributed by atoms with Crippen molar-refractivity contribution in [1.29, 1.82) is 0 Å². The van der Waals surface area contributed by atoms with Crippen molar-refractivity contribution in [3.63, 3.8) is 0 Å². The third kappa shape index (κ3) is 8.44. The number of imidazole rings is 1. The van der Waals surface area contributed by atoms with Crippen LogP contribution in [-0.2, 0) is 39.0 Å². The summed E-state index contributed by atoms with van der Waals surface area (Å²) in [5.41, 5.74) is 5.34. The summed E-state index contributed by atoms with van der Waals surface area (Å²) in [6.07, 6.45) is 4.30. The number of benzene rings is 3. The molecule has 4 rings (SSSR count). The van der Waals surface area contributed by atoms with Crippen LogP contribution in [-0.4, -0.2) is 10.5 Å². The first-order chi connectivity index (χ1) is 15.0. The van der Waals surface area contributed by atoms with Gasteiger partial charge in [-0.2, -0.15) is 1.33 Å². The van der Waals surface area contributed by atoms with Gasteiger partial charge in [-0.25, -0.2) is 0 Å². The van der Waals surface area contributed by atoms with Crippen molar-refractivity contribution in [2.45, 2.75) is 26.6 Å². The number of hydrogen-bond donors (Lipinski definition) is 0. The molecule has 6 heteroatoms. The molecule has 0 aliphatic heterocycles. The quantitative estimate of drug-likeness (QED) is 0.152. The molecule has 0 amide bonds. The van der Waals surface area contributed by atoms with Crippen LogP contribution in [0.1, 0.15) is 22.3 Å². The van der Waals surface area contributed by atoms with Crippen LogP contribution in [0.5, 0.6) is 0 Å². The Labute approximate surface area is 223 Å². The van der Waals surface area contributed by atoms with Crippen molar-refractivity contribution in [2.24, 2.45) is 0 Å². The molecule has 0 fully saturated rings. The molecular formula is C25H25I2N3Pt. The van der Waals surface area contributed by atoms with Gasteiger partial charge in [-0.3, -0.25) is 0 Å². The molecule has 3 nitrogen and oxygen atoms in total. The van der Waals surface area contributed by atoms with Crippen LogP contribution in [0.15, 0.2) is 97.3 Å². The molecule has 164 valence electrons. The normalized spacial score (nSPS) is 10.6. The summed E-state index contributed by atoms with van der Waals surface area (Å²) in [6, 6.07) is 29.7. The van der Waals surface area contributed by atoms with Crippen LogP contribution >= 0.6 is 45.7 Å². The van der Waals surface area contributed by atoms with Gasteiger partial charge in [0.25, 0.3) is 0 Å². The number of halogens is 2. The van der Waals surface area contributed by atoms with Crippen LogP contribution in [0.2, 0.25) is 0 Å². The van der Waals surface area contributed by atoms with Gasteiger partial charge in [0.05, 0.1) is 0 Å². The molecule has 0 spiro atoms. The number of aromatic nitrogens is 2. The van der Waals surface area contributed by atoms with Gasteiger partial charge in [-0.15, -0.1) is 0 Å². The molecule has 0 saturated carbocycles. The molecule has 0 bridgehead atoms. The van der Waals surface area contributed by atoms with Crippen LogP contribution in [0.4, 0.5) is 0 Å². The number of hydrogen-bond acceptors (Lipinski definition) is 1. The molecule has 0 N–H and O–H groups in total. The van der Waals surface area contributed by atoms with E-state index in [-0.39, 0.29) is 0 Å². The van der Waals surface area contributed by atoms with Crippen molar-refractivity contribution in [3.05, 3.63) is 123 Å². The van der Waals surface area contributed by atoms with E-state index >= 15 is 0 Å². The third-order valence-electron chi connectivity index (χ3n) is 4.68. The molecule has 0 saturated heterocycles. The van der Waals surface area contributed by atoms with Crippen LogP contribution in [0.3, 0.4) is 0 Å². The van der Waals surface area contributed by atoms with Crippen molar-refractivity contribution < 1.29 is 19.4 Å². The Hall–Kier alpha value is -1.02. The van der Waals surface area contributed by atoms with E-state index in [1.807, 2.05) is 0 Å². The standard InChI is InChI=1S/C17H16N2.C8H9I2N.Pt/c1-3-7-16(8-4-1)13-18-11-12-19(15-18)14-17-9-5-2-6-10-17;1-7-2-4-8(5-3-7)6-11(9)10;/h1-12H,13-14H2;2-5H,6H2,1H3;. The van der Waals surface area contributed by atoms with Gasteiger partial charge in [0.15, 0.2) is 0 Å². The second kappa shape index (κ2) is 12.9. The van der Waals surface area contributed by atoms with Gasteiger partial charge >= 0.3 is 130 Å². The van der Waals surface area contributed by atoms with Crippen molar-refractivity contribution in [2.75, 3.05) is 0 Å². The monoisotopic (exact) mass is 816 g/mol. The molecular weight excluding hydrogens is 791 g/mol. The molecule has 0 aliphatic rings. The summed E-state index contributed by atoms with van der Waals surface area (Å²) < 4.78 is 7.91. The SMILES string of the molecule is Cc1ccc(CN(I)I)cc1.[Pt]=[c]1n(Cc2ccccc2)ccn1Cc1ccccc1. The summed E-state index contributed by atoms with van der Waals surface area (Å²) in [5, 5.41) is 0. The summed E-state index contributed by atoms with van der Waals surface area (Å²) in [7, 11) is 0. The zero-order valence-electron chi connectivity index (χ0n) is 17.3. The van der Waals surface area contributed by atoms with E-state index in [2.05, 4.69) is 180 Å². The fourth-order valence-corrected chi connectivity index (χ4v) is 4.54. The summed E-state index contributed by atoms with van der Waals surface area (Å²) >= 11 is 6.95. The first-order valence-electron chi connectivity index (χ1n) is 9.95. The average molecular weight is 816 g/mol. The molecule has 31 heavy (non-hydrogen) atoms. The Morgan fingerprint density at radius 3 is 1.55 bits per heavy atom. The van der Waals surface area contributed by atoms with Gasteiger partial charge in [0, 0.05) is 52.3 Å². The molecule has 1 aromatic heterocycles. The Morgan fingerprint density at radius 1 is 0.677 bits per heavy atom. The van der Waals surface area contributed by atoms with E-state index < -0.39 is 0 Å². The van der Waals surface area contributed by atoms with Crippen molar-refractivity contribution in [1.82, 2.24) is 10.5 Å². The summed E-state index contributed by atoms with van der Waals surface area (Å²) in [4.78, 5) is 0. The zero-order chi connectivity index (χ0) is 22.1. The average Bonchev–Trinajstić information content (AvgIpc) is 3.11. The molecule has 0 atom stereocenters.